The van der Waals surface area contributed by atoms with E-state index in [2.05, 4.69) is 18.5 Å². The van der Waals surface area contributed by atoms with Crippen LogP contribution in [0.4, 0.5) is 4.79 Å². The fourth-order valence-corrected chi connectivity index (χ4v) is 1.79. The number of nitrogens with one attached hydrogen (secondary N) is 1. The number of nitrogens with zero attached hydrogens (tertiary/aromatic N) is 1. The average molecular weight is 250 g/mol. The van der Waals surface area contributed by atoms with Gasteiger partial charge in [0.15, 0.2) is 0 Å². The lowest BCUT2D eigenvalue weighted by Gasteiger charge is -2.29. The van der Waals surface area contributed by atoms with E-state index in [1.165, 1.54) is 5.57 Å². The van der Waals surface area contributed by atoms with E-state index < -0.39 is 0 Å². The molecular formula is C14H22N2O2. The summed E-state index contributed by atoms with van der Waals surface area (Å²) in [5.41, 5.74) is 2.24. The summed E-state index contributed by atoms with van der Waals surface area (Å²) in [7, 11) is 0. The second kappa shape index (κ2) is 7.01. The molecule has 100 valence electrons. The van der Waals surface area contributed by atoms with Gasteiger partial charge in [-0.15, -0.1) is 0 Å². The highest BCUT2D eigenvalue weighted by Crippen LogP contribution is 2.19. The molecule has 4 nitrogen and oxygen atoms in total. The van der Waals surface area contributed by atoms with Crippen LogP contribution in [0.25, 0.3) is 0 Å². The Kier molecular flexibility index (Phi) is 5.65. The van der Waals surface area contributed by atoms with Gasteiger partial charge in [-0.05, 0) is 31.4 Å². The molecule has 1 aliphatic heterocycles. The predicted molar refractivity (Wildman–Crippen MR) is 73.2 cm³/mol. The number of hydrogen-bond acceptors (Lipinski definition) is 2. The van der Waals surface area contributed by atoms with Gasteiger partial charge in [-0.25, -0.2) is 4.79 Å². The van der Waals surface area contributed by atoms with Crippen LogP contribution in [-0.2, 0) is 4.74 Å². The van der Waals surface area contributed by atoms with Crippen molar-refractivity contribution >= 4 is 6.03 Å². The number of amides is 2. The van der Waals surface area contributed by atoms with Gasteiger partial charge >= 0.3 is 6.03 Å². The molecule has 0 spiro atoms. The second-order valence-corrected chi connectivity index (χ2v) is 4.47. The van der Waals surface area contributed by atoms with Gasteiger partial charge < -0.3 is 15.0 Å². The predicted octanol–water partition coefficient (Wildman–Crippen LogP) is 2.45. The van der Waals surface area contributed by atoms with E-state index in [-0.39, 0.29) is 18.9 Å². The summed E-state index contributed by atoms with van der Waals surface area (Å²) >= 11 is 0. The van der Waals surface area contributed by atoms with E-state index in [1.807, 2.05) is 19.9 Å². The van der Waals surface area contributed by atoms with E-state index in [1.54, 1.807) is 11.0 Å². The molecule has 1 heterocycles. The first-order valence-corrected chi connectivity index (χ1v) is 6.19. The standard InChI is InChI=1S/C14H22N2O2/c1-5-12-7-8-16(9-13(12)6-2)14(17)15-10-18-11(3)4/h5-6,11H,1-2,7-10H2,3-4H3,(H,15,17). The van der Waals surface area contributed by atoms with Crippen LogP contribution in [0.3, 0.4) is 0 Å². The molecule has 0 aromatic rings. The second-order valence-electron chi connectivity index (χ2n) is 4.47. The molecule has 0 bridgehead atoms. The van der Waals surface area contributed by atoms with Crippen molar-refractivity contribution in [3.05, 3.63) is 36.5 Å². The Hall–Kier alpha value is -1.55. The SMILES string of the molecule is C=CC1=C(C=C)CN(C(=O)NCOC(C)C)CC1. The molecule has 0 atom stereocenters. The molecule has 0 fully saturated rings. The van der Waals surface area contributed by atoms with E-state index in [4.69, 9.17) is 4.74 Å². The molecule has 0 aliphatic carbocycles. The monoisotopic (exact) mass is 250 g/mol. The molecule has 0 saturated heterocycles. The van der Waals surface area contributed by atoms with Crippen LogP contribution in [0.15, 0.2) is 36.5 Å². The molecule has 0 saturated carbocycles. The van der Waals surface area contributed by atoms with Gasteiger partial charge in [0.1, 0.15) is 6.73 Å². The van der Waals surface area contributed by atoms with Gasteiger partial charge in [-0.3, -0.25) is 0 Å². The third-order valence-corrected chi connectivity index (χ3v) is 2.84. The van der Waals surface area contributed by atoms with Crippen LogP contribution in [0, 0.1) is 0 Å². The first-order valence-electron chi connectivity index (χ1n) is 6.19. The van der Waals surface area contributed by atoms with E-state index in [9.17, 15) is 4.79 Å². The van der Waals surface area contributed by atoms with Crippen LogP contribution in [0.2, 0.25) is 0 Å². The third-order valence-electron chi connectivity index (χ3n) is 2.84. The highest BCUT2D eigenvalue weighted by molar-refractivity contribution is 5.74. The fraction of sp³-hybridized carbons (Fsp3) is 0.500. The molecule has 2 amide bonds. The van der Waals surface area contributed by atoms with Crippen molar-refractivity contribution in [2.24, 2.45) is 0 Å². The molecule has 0 radical (unpaired) electrons. The highest BCUT2D eigenvalue weighted by atomic mass is 16.5. The lowest BCUT2D eigenvalue weighted by atomic mass is 10.0. The fourth-order valence-electron chi connectivity index (χ4n) is 1.79. The maximum Gasteiger partial charge on any atom is 0.319 e. The van der Waals surface area contributed by atoms with Gasteiger partial charge in [-0.1, -0.05) is 25.3 Å². The largest absolute Gasteiger partial charge is 0.359 e. The van der Waals surface area contributed by atoms with Crippen molar-refractivity contribution < 1.29 is 9.53 Å². The van der Waals surface area contributed by atoms with Gasteiger partial charge in [0.2, 0.25) is 0 Å². The van der Waals surface area contributed by atoms with Crippen molar-refractivity contribution in [2.75, 3.05) is 19.8 Å². The van der Waals surface area contributed by atoms with Gasteiger partial charge in [0.05, 0.1) is 6.10 Å². The normalized spacial score (nSPS) is 15.8. The quantitative estimate of drug-likeness (QED) is 0.761. The average Bonchev–Trinajstić information content (AvgIpc) is 2.37. The lowest BCUT2D eigenvalue weighted by molar-refractivity contribution is 0.0657. The maximum absolute atomic E-state index is 11.9. The Morgan fingerprint density at radius 1 is 1.44 bits per heavy atom. The number of carbonyl (C=O) groups is 1. The number of hydrogen-bond donors (Lipinski definition) is 1. The smallest absolute Gasteiger partial charge is 0.319 e. The summed E-state index contributed by atoms with van der Waals surface area (Å²) in [6, 6.07) is -0.0990. The zero-order valence-electron chi connectivity index (χ0n) is 11.2. The van der Waals surface area contributed by atoms with E-state index in [0.29, 0.717) is 13.1 Å². The topological polar surface area (TPSA) is 41.6 Å². The molecule has 1 rings (SSSR count). The van der Waals surface area contributed by atoms with Gasteiger partial charge in [-0.2, -0.15) is 0 Å². The van der Waals surface area contributed by atoms with Crippen molar-refractivity contribution in [3.63, 3.8) is 0 Å². The minimum Gasteiger partial charge on any atom is -0.359 e. The van der Waals surface area contributed by atoms with Crippen molar-refractivity contribution in [1.29, 1.82) is 0 Å². The van der Waals surface area contributed by atoms with Gasteiger partial charge in [0.25, 0.3) is 0 Å². The summed E-state index contributed by atoms with van der Waals surface area (Å²) in [5, 5.41) is 2.74. The van der Waals surface area contributed by atoms with Crippen molar-refractivity contribution in [1.82, 2.24) is 10.2 Å². The molecule has 4 heteroatoms. The van der Waals surface area contributed by atoms with Crippen LogP contribution in [0.5, 0.6) is 0 Å². The number of carbonyl (C=O) groups excluding carboxylic acids is 1. The minimum atomic E-state index is -0.0990. The van der Waals surface area contributed by atoms with E-state index in [0.717, 1.165) is 12.0 Å². The van der Waals surface area contributed by atoms with Crippen LogP contribution in [-0.4, -0.2) is 36.9 Å². The number of rotatable bonds is 5. The first-order chi connectivity index (χ1) is 8.58. The lowest BCUT2D eigenvalue weighted by Crippen LogP contribution is -2.44. The zero-order valence-corrected chi connectivity index (χ0v) is 11.2. The number of ether oxygens (including phenoxy) is 1. The number of urea groups is 1. The van der Waals surface area contributed by atoms with Crippen LogP contribution >= 0.6 is 0 Å². The Bertz CT molecular complexity index is 359. The van der Waals surface area contributed by atoms with Crippen LogP contribution in [0.1, 0.15) is 20.3 Å². The molecule has 1 aliphatic rings. The molecule has 0 aromatic carbocycles. The minimum absolute atomic E-state index is 0.0990. The molecule has 1 N–H and O–H groups in total. The number of allylic oxidation sites excluding steroid dienone is 1. The summed E-state index contributed by atoms with van der Waals surface area (Å²) in [4.78, 5) is 13.6. The van der Waals surface area contributed by atoms with Crippen molar-refractivity contribution in [3.8, 4) is 0 Å². The zero-order chi connectivity index (χ0) is 13.5. The Balaban J connectivity index is 2.50. The Morgan fingerprint density at radius 3 is 2.67 bits per heavy atom. The molecular weight excluding hydrogens is 228 g/mol. The van der Waals surface area contributed by atoms with Crippen LogP contribution < -0.4 is 5.32 Å². The van der Waals surface area contributed by atoms with Crippen molar-refractivity contribution in [2.45, 2.75) is 26.4 Å². The molecule has 18 heavy (non-hydrogen) atoms. The first kappa shape index (κ1) is 14.5. The maximum atomic E-state index is 11.9. The summed E-state index contributed by atoms with van der Waals surface area (Å²) in [6.07, 6.45) is 4.57. The third kappa shape index (κ3) is 4.04. The Labute approximate surface area is 109 Å². The van der Waals surface area contributed by atoms with E-state index >= 15 is 0 Å². The summed E-state index contributed by atoms with van der Waals surface area (Å²) in [6.45, 7) is 12.9. The molecule has 0 aromatic heterocycles. The highest BCUT2D eigenvalue weighted by Gasteiger charge is 2.19. The molecule has 0 unspecified atom stereocenters. The summed E-state index contributed by atoms with van der Waals surface area (Å²) in [5.74, 6) is 0. The van der Waals surface area contributed by atoms with Gasteiger partial charge in [0, 0.05) is 13.1 Å². The Morgan fingerprint density at radius 2 is 2.11 bits per heavy atom. The summed E-state index contributed by atoms with van der Waals surface area (Å²) < 4.78 is 5.29.